The minimum absolute atomic E-state index is 0.0288. The molecule has 3 nitrogen and oxygen atoms in total. The Labute approximate surface area is 128 Å². The zero-order valence-electron chi connectivity index (χ0n) is 13.9. The summed E-state index contributed by atoms with van der Waals surface area (Å²) >= 11 is 0. The van der Waals surface area contributed by atoms with Gasteiger partial charge in [0, 0.05) is 6.54 Å². The minimum Gasteiger partial charge on any atom is -0.322 e. The molecule has 0 bridgehead atoms. The van der Waals surface area contributed by atoms with Gasteiger partial charge in [-0.2, -0.15) is 0 Å². The van der Waals surface area contributed by atoms with Crippen molar-refractivity contribution in [2.75, 3.05) is 6.54 Å². The molecular formula is C18H28N2O. The second-order valence-electron chi connectivity index (χ2n) is 6.64. The minimum atomic E-state index is -0.0403. The molecule has 1 aliphatic rings. The van der Waals surface area contributed by atoms with Crippen molar-refractivity contribution in [3.63, 3.8) is 0 Å². The van der Waals surface area contributed by atoms with E-state index < -0.39 is 0 Å². The summed E-state index contributed by atoms with van der Waals surface area (Å²) in [6.45, 7) is 11.5. The first kappa shape index (κ1) is 16.0. The van der Waals surface area contributed by atoms with Crippen LogP contribution in [0, 0.1) is 19.8 Å². The highest BCUT2D eigenvalue weighted by atomic mass is 16.2. The van der Waals surface area contributed by atoms with Gasteiger partial charge in [-0.05, 0) is 43.7 Å². The Morgan fingerprint density at radius 2 is 2.00 bits per heavy atom. The van der Waals surface area contributed by atoms with E-state index >= 15 is 0 Å². The molecular weight excluding hydrogens is 260 g/mol. The second-order valence-corrected chi connectivity index (χ2v) is 6.64. The van der Waals surface area contributed by atoms with Crippen LogP contribution in [0.5, 0.6) is 0 Å². The molecule has 2 atom stereocenters. The summed E-state index contributed by atoms with van der Waals surface area (Å²) in [6, 6.07) is 6.45. The SMILES string of the molecule is CCCN1C(=O)C(CC(C)C)NC1c1cc(C)ccc1C. The Morgan fingerprint density at radius 1 is 1.29 bits per heavy atom. The highest BCUT2D eigenvalue weighted by molar-refractivity contribution is 5.84. The molecule has 116 valence electrons. The van der Waals surface area contributed by atoms with Gasteiger partial charge in [-0.15, -0.1) is 0 Å². The number of nitrogens with zero attached hydrogens (tertiary/aromatic N) is 1. The van der Waals surface area contributed by atoms with Crippen LogP contribution in [-0.2, 0) is 4.79 Å². The molecule has 0 radical (unpaired) electrons. The van der Waals surface area contributed by atoms with Crippen molar-refractivity contribution in [2.45, 2.75) is 59.7 Å². The van der Waals surface area contributed by atoms with Crippen molar-refractivity contribution in [3.8, 4) is 0 Å². The van der Waals surface area contributed by atoms with Gasteiger partial charge in [-0.1, -0.05) is 44.5 Å². The van der Waals surface area contributed by atoms with Gasteiger partial charge >= 0.3 is 0 Å². The number of amides is 1. The van der Waals surface area contributed by atoms with E-state index in [4.69, 9.17) is 0 Å². The van der Waals surface area contributed by atoms with E-state index in [1.165, 1.54) is 16.7 Å². The molecule has 1 saturated heterocycles. The average molecular weight is 288 g/mol. The third-order valence-corrected chi connectivity index (χ3v) is 4.15. The van der Waals surface area contributed by atoms with E-state index in [-0.39, 0.29) is 18.1 Å². The summed E-state index contributed by atoms with van der Waals surface area (Å²) in [5.41, 5.74) is 3.73. The number of hydrogen-bond acceptors (Lipinski definition) is 2. The third-order valence-electron chi connectivity index (χ3n) is 4.15. The maximum absolute atomic E-state index is 12.7. The van der Waals surface area contributed by atoms with E-state index in [0.29, 0.717) is 5.92 Å². The largest absolute Gasteiger partial charge is 0.322 e. The van der Waals surface area contributed by atoms with Crippen molar-refractivity contribution in [2.24, 2.45) is 5.92 Å². The normalized spacial score (nSPS) is 22.4. The van der Waals surface area contributed by atoms with Gasteiger partial charge in [-0.3, -0.25) is 10.1 Å². The Morgan fingerprint density at radius 3 is 2.62 bits per heavy atom. The smallest absolute Gasteiger partial charge is 0.241 e. The molecule has 1 aromatic rings. The van der Waals surface area contributed by atoms with E-state index in [1.807, 2.05) is 4.90 Å². The molecule has 1 heterocycles. The maximum atomic E-state index is 12.7. The summed E-state index contributed by atoms with van der Waals surface area (Å²) in [6.07, 6.45) is 1.92. The third kappa shape index (κ3) is 3.46. The molecule has 0 spiro atoms. The van der Waals surface area contributed by atoms with Crippen LogP contribution in [0.1, 0.15) is 56.5 Å². The standard InChI is InChI=1S/C18H28N2O/c1-6-9-20-17(15-11-13(4)7-8-14(15)5)19-16(18(20)21)10-12(2)3/h7-8,11-12,16-17,19H,6,9-10H2,1-5H3. The fourth-order valence-electron chi connectivity index (χ4n) is 3.11. The average Bonchev–Trinajstić information content (AvgIpc) is 2.70. The summed E-state index contributed by atoms with van der Waals surface area (Å²) in [4.78, 5) is 14.7. The topological polar surface area (TPSA) is 32.3 Å². The zero-order valence-corrected chi connectivity index (χ0v) is 13.9. The van der Waals surface area contributed by atoms with Crippen LogP contribution in [0.2, 0.25) is 0 Å². The number of benzene rings is 1. The molecule has 2 rings (SSSR count). The zero-order chi connectivity index (χ0) is 15.6. The van der Waals surface area contributed by atoms with E-state index in [9.17, 15) is 4.79 Å². The summed E-state index contributed by atoms with van der Waals surface area (Å²) in [5.74, 6) is 0.781. The van der Waals surface area contributed by atoms with Gasteiger partial charge in [-0.25, -0.2) is 0 Å². The molecule has 1 N–H and O–H groups in total. The molecule has 1 aromatic carbocycles. The van der Waals surface area contributed by atoms with Crippen molar-refractivity contribution in [3.05, 3.63) is 34.9 Å². The van der Waals surface area contributed by atoms with Crippen molar-refractivity contribution >= 4 is 5.91 Å². The van der Waals surface area contributed by atoms with Crippen LogP contribution < -0.4 is 5.32 Å². The Bertz CT molecular complexity index is 510. The lowest BCUT2D eigenvalue weighted by molar-refractivity contribution is -0.130. The molecule has 1 amide bonds. The van der Waals surface area contributed by atoms with Crippen molar-refractivity contribution < 1.29 is 4.79 Å². The lowest BCUT2D eigenvalue weighted by Crippen LogP contribution is -2.32. The first-order chi connectivity index (χ1) is 9.93. The molecule has 1 aliphatic heterocycles. The van der Waals surface area contributed by atoms with Gasteiger partial charge in [0.2, 0.25) is 5.91 Å². The lowest BCUT2D eigenvalue weighted by atomic mass is 10.0. The molecule has 2 unspecified atom stereocenters. The number of hydrogen-bond donors (Lipinski definition) is 1. The van der Waals surface area contributed by atoms with E-state index in [0.717, 1.165) is 19.4 Å². The first-order valence-corrected chi connectivity index (χ1v) is 8.07. The van der Waals surface area contributed by atoms with Crippen LogP contribution in [0.15, 0.2) is 18.2 Å². The van der Waals surface area contributed by atoms with Crippen LogP contribution in [0.25, 0.3) is 0 Å². The number of rotatable bonds is 5. The summed E-state index contributed by atoms with van der Waals surface area (Å²) in [5, 5.41) is 3.57. The number of nitrogens with one attached hydrogen (secondary N) is 1. The highest BCUT2D eigenvalue weighted by Crippen LogP contribution is 2.30. The van der Waals surface area contributed by atoms with Gasteiger partial charge in [0.15, 0.2) is 0 Å². The number of carbonyl (C=O) groups is 1. The van der Waals surface area contributed by atoms with Gasteiger partial charge < -0.3 is 4.90 Å². The predicted molar refractivity (Wildman–Crippen MR) is 87.0 cm³/mol. The Kier molecular flexibility index (Phi) is 5.04. The van der Waals surface area contributed by atoms with Crippen LogP contribution in [-0.4, -0.2) is 23.4 Å². The molecule has 0 aliphatic carbocycles. The van der Waals surface area contributed by atoms with Crippen molar-refractivity contribution in [1.29, 1.82) is 0 Å². The molecule has 3 heteroatoms. The predicted octanol–water partition coefficient (Wildman–Crippen LogP) is 3.56. The maximum Gasteiger partial charge on any atom is 0.241 e. The fourth-order valence-corrected chi connectivity index (χ4v) is 3.11. The second kappa shape index (κ2) is 6.61. The fraction of sp³-hybridized carbons (Fsp3) is 0.611. The Balaban J connectivity index is 2.31. The number of aryl methyl sites for hydroxylation is 2. The number of carbonyl (C=O) groups excluding carboxylic acids is 1. The first-order valence-electron chi connectivity index (χ1n) is 8.07. The van der Waals surface area contributed by atoms with Crippen molar-refractivity contribution in [1.82, 2.24) is 10.2 Å². The summed E-state index contributed by atoms with van der Waals surface area (Å²) < 4.78 is 0. The lowest BCUT2D eigenvalue weighted by Gasteiger charge is -2.25. The highest BCUT2D eigenvalue weighted by Gasteiger charge is 2.39. The molecule has 0 aromatic heterocycles. The van der Waals surface area contributed by atoms with E-state index in [1.54, 1.807) is 0 Å². The monoisotopic (exact) mass is 288 g/mol. The molecule has 21 heavy (non-hydrogen) atoms. The molecule has 0 saturated carbocycles. The van der Waals surface area contributed by atoms with Crippen LogP contribution in [0.3, 0.4) is 0 Å². The van der Waals surface area contributed by atoms with Gasteiger partial charge in [0.25, 0.3) is 0 Å². The quantitative estimate of drug-likeness (QED) is 0.898. The summed E-state index contributed by atoms with van der Waals surface area (Å²) in [7, 11) is 0. The van der Waals surface area contributed by atoms with Crippen LogP contribution in [0.4, 0.5) is 0 Å². The van der Waals surface area contributed by atoms with Crippen LogP contribution >= 0.6 is 0 Å². The molecule has 1 fully saturated rings. The van der Waals surface area contributed by atoms with Gasteiger partial charge in [0.05, 0.1) is 6.04 Å². The Hall–Kier alpha value is -1.35. The van der Waals surface area contributed by atoms with Gasteiger partial charge in [0.1, 0.15) is 6.17 Å². The van der Waals surface area contributed by atoms with E-state index in [2.05, 4.69) is 58.1 Å².